The van der Waals surface area contributed by atoms with Gasteiger partial charge in [-0.2, -0.15) is 0 Å². The normalized spacial score (nSPS) is 24.0. The largest absolute Gasteiger partial charge is 0.316 e. The number of hydrogen-bond acceptors (Lipinski definition) is 2. The van der Waals surface area contributed by atoms with Crippen LogP contribution in [0.4, 0.5) is 4.39 Å². The van der Waals surface area contributed by atoms with E-state index >= 15 is 0 Å². The zero-order chi connectivity index (χ0) is 13.8. The third-order valence-electron chi connectivity index (χ3n) is 4.27. The lowest BCUT2D eigenvalue weighted by Gasteiger charge is -2.28. The molecule has 1 N–H and O–H groups in total. The van der Waals surface area contributed by atoms with Crippen LogP contribution in [-0.2, 0) is 13.1 Å². The van der Waals surface area contributed by atoms with Crippen molar-refractivity contribution in [2.75, 3.05) is 7.05 Å². The Kier molecular flexibility index (Phi) is 4.94. The van der Waals surface area contributed by atoms with E-state index in [9.17, 15) is 4.39 Å². The Hall–Kier alpha value is -0.930. The van der Waals surface area contributed by atoms with Crippen molar-refractivity contribution in [2.24, 2.45) is 0 Å². The Bertz CT molecular complexity index is 419. The minimum absolute atomic E-state index is 0.0752. The van der Waals surface area contributed by atoms with Crippen molar-refractivity contribution >= 4 is 0 Å². The van der Waals surface area contributed by atoms with Crippen LogP contribution in [0, 0.1) is 5.82 Å². The number of halogens is 1. The highest BCUT2D eigenvalue weighted by atomic mass is 19.1. The van der Waals surface area contributed by atoms with Gasteiger partial charge in [0.1, 0.15) is 5.82 Å². The van der Waals surface area contributed by atoms with Crippen molar-refractivity contribution in [3.05, 3.63) is 35.1 Å². The first-order chi connectivity index (χ1) is 9.15. The molecule has 1 aliphatic heterocycles. The Morgan fingerprint density at radius 1 is 1.37 bits per heavy atom. The number of benzene rings is 1. The third kappa shape index (κ3) is 3.34. The molecule has 0 amide bonds. The Morgan fingerprint density at radius 2 is 2.16 bits per heavy atom. The lowest BCUT2D eigenvalue weighted by Crippen LogP contribution is -2.33. The standard InChI is InChI=1S/C16H25FN2/c1-4-15-7-5-12(2)19(15)11-14-9-13(10-18-3)6-8-16(14)17/h6,8-9,12,15,18H,4-5,7,10-11H2,1-3H3. The Morgan fingerprint density at radius 3 is 2.84 bits per heavy atom. The van der Waals surface area contributed by atoms with E-state index in [0.29, 0.717) is 12.1 Å². The van der Waals surface area contributed by atoms with Gasteiger partial charge in [-0.25, -0.2) is 4.39 Å². The Balaban J connectivity index is 2.15. The average Bonchev–Trinajstić information content (AvgIpc) is 2.75. The second kappa shape index (κ2) is 6.49. The lowest BCUT2D eigenvalue weighted by atomic mass is 10.1. The fraction of sp³-hybridized carbons (Fsp3) is 0.625. The van der Waals surface area contributed by atoms with Crippen LogP contribution < -0.4 is 5.32 Å². The number of likely N-dealkylation sites (tertiary alicyclic amines) is 1. The maximum atomic E-state index is 14.0. The van der Waals surface area contributed by atoms with Gasteiger partial charge < -0.3 is 5.32 Å². The highest BCUT2D eigenvalue weighted by Gasteiger charge is 2.29. The summed E-state index contributed by atoms with van der Waals surface area (Å²) in [4.78, 5) is 2.46. The molecule has 1 saturated heterocycles. The zero-order valence-electron chi connectivity index (χ0n) is 12.2. The molecule has 0 spiro atoms. The number of hydrogen-bond donors (Lipinski definition) is 1. The summed E-state index contributed by atoms with van der Waals surface area (Å²) in [7, 11) is 1.92. The van der Waals surface area contributed by atoms with E-state index in [1.165, 1.54) is 12.8 Å². The first kappa shape index (κ1) is 14.5. The number of nitrogens with zero attached hydrogens (tertiary/aromatic N) is 1. The first-order valence-electron chi connectivity index (χ1n) is 7.33. The second-order valence-electron chi connectivity index (χ2n) is 5.62. The minimum atomic E-state index is -0.0752. The minimum Gasteiger partial charge on any atom is -0.316 e. The molecular weight excluding hydrogens is 239 g/mol. The molecule has 0 aliphatic carbocycles. The van der Waals surface area contributed by atoms with Crippen molar-refractivity contribution in [1.82, 2.24) is 10.2 Å². The molecule has 19 heavy (non-hydrogen) atoms. The quantitative estimate of drug-likeness (QED) is 0.877. The van der Waals surface area contributed by atoms with Gasteiger partial charge in [0.05, 0.1) is 0 Å². The summed E-state index contributed by atoms with van der Waals surface area (Å²) < 4.78 is 14.0. The molecule has 2 atom stereocenters. The molecule has 1 fully saturated rings. The summed E-state index contributed by atoms with van der Waals surface area (Å²) in [5.41, 5.74) is 1.98. The first-order valence-corrected chi connectivity index (χ1v) is 7.33. The molecule has 2 nitrogen and oxygen atoms in total. The van der Waals surface area contributed by atoms with Crippen molar-refractivity contribution in [1.29, 1.82) is 0 Å². The SMILES string of the molecule is CCC1CCC(C)N1Cc1cc(CNC)ccc1F. The molecule has 1 aliphatic rings. The van der Waals surface area contributed by atoms with Crippen LogP contribution in [-0.4, -0.2) is 24.0 Å². The van der Waals surface area contributed by atoms with Gasteiger partial charge in [-0.15, -0.1) is 0 Å². The molecule has 2 unspecified atom stereocenters. The zero-order valence-corrected chi connectivity index (χ0v) is 12.2. The molecule has 3 heteroatoms. The lowest BCUT2D eigenvalue weighted by molar-refractivity contribution is 0.187. The molecule has 0 bridgehead atoms. The molecule has 0 radical (unpaired) electrons. The number of nitrogens with one attached hydrogen (secondary N) is 1. The van der Waals surface area contributed by atoms with E-state index in [4.69, 9.17) is 0 Å². The van der Waals surface area contributed by atoms with Crippen LogP contribution >= 0.6 is 0 Å². The van der Waals surface area contributed by atoms with Crippen LogP contribution in [0.5, 0.6) is 0 Å². The maximum Gasteiger partial charge on any atom is 0.127 e. The van der Waals surface area contributed by atoms with E-state index in [1.54, 1.807) is 6.07 Å². The van der Waals surface area contributed by atoms with Gasteiger partial charge >= 0.3 is 0 Å². The van der Waals surface area contributed by atoms with Gasteiger partial charge in [0.15, 0.2) is 0 Å². The molecule has 0 saturated carbocycles. The highest BCUT2D eigenvalue weighted by Crippen LogP contribution is 2.28. The predicted octanol–water partition coefficient (Wildman–Crippen LogP) is 3.31. The number of rotatable bonds is 5. The van der Waals surface area contributed by atoms with Crippen molar-refractivity contribution in [3.8, 4) is 0 Å². The van der Waals surface area contributed by atoms with Crippen LogP contribution in [0.2, 0.25) is 0 Å². The van der Waals surface area contributed by atoms with E-state index in [-0.39, 0.29) is 5.82 Å². The van der Waals surface area contributed by atoms with Crippen LogP contribution in [0.25, 0.3) is 0 Å². The van der Waals surface area contributed by atoms with Gasteiger partial charge in [-0.1, -0.05) is 19.1 Å². The van der Waals surface area contributed by atoms with Crippen LogP contribution in [0.1, 0.15) is 44.2 Å². The Labute approximate surface area is 116 Å². The summed E-state index contributed by atoms with van der Waals surface area (Å²) in [6, 6.07) is 6.65. The average molecular weight is 264 g/mol. The topological polar surface area (TPSA) is 15.3 Å². The molecule has 106 valence electrons. The molecule has 0 aromatic heterocycles. The summed E-state index contributed by atoms with van der Waals surface area (Å²) in [6.07, 6.45) is 3.63. The van der Waals surface area contributed by atoms with Crippen LogP contribution in [0.3, 0.4) is 0 Å². The predicted molar refractivity (Wildman–Crippen MR) is 77.5 cm³/mol. The summed E-state index contributed by atoms with van der Waals surface area (Å²) in [5, 5.41) is 3.12. The summed E-state index contributed by atoms with van der Waals surface area (Å²) in [6.45, 7) is 6.01. The van der Waals surface area contributed by atoms with Gasteiger partial charge in [-0.05, 0) is 44.9 Å². The second-order valence-corrected chi connectivity index (χ2v) is 5.62. The van der Waals surface area contributed by atoms with E-state index in [1.807, 2.05) is 19.2 Å². The molecular formula is C16H25FN2. The van der Waals surface area contributed by atoms with Crippen molar-refractivity contribution in [3.63, 3.8) is 0 Å². The smallest absolute Gasteiger partial charge is 0.127 e. The molecule has 1 aromatic rings. The van der Waals surface area contributed by atoms with E-state index < -0.39 is 0 Å². The summed E-state index contributed by atoms with van der Waals surface area (Å²) in [5.74, 6) is -0.0752. The van der Waals surface area contributed by atoms with Crippen molar-refractivity contribution in [2.45, 2.75) is 58.3 Å². The third-order valence-corrected chi connectivity index (χ3v) is 4.27. The van der Waals surface area contributed by atoms with Gasteiger partial charge in [0.2, 0.25) is 0 Å². The van der Waals surface area contributed by atoms with Gasteiger partial charge in [0, 0.05) is 30.7 Å². The molecule has 2 rings (SSSR count). The van der Waals surface area contributed by atoms with Gasteiger partial charge in [-0.3, -0.25) is 4.90 Å². The monoisotopic (exact) mass is 264 g/mol. The van der Waals surface area contributed by atoms with Gasteiger partial charge in [0.25, 0.3) is 0 Å². The molecule has 1 heterocycles. The fourth-order valence-electron chi connectivity index (χ4n) is 3.11. The van der Waals surface area contributed by atoms with Crippen molar-refractivity contribution < 1.29 is 4.39 Å². The van der Waals surface area contributed by atoms with E-state index in [0.717, 1.165) is 30.6 Å². The molecule has 1 aromatic carbocycles. The van der Waals surface area contributed by atoms with E-state index in [2.05, 4.69) is 24.1 Å². The highest BCUT2D eigenvalue weighted by molar-refractivity contribution is 5.25. The van der Waals surface area contributed by atoms with Crippen LogP contribution in [0.15, 0.2) is 18.2 Å². The summed E-state index contributed by atoms with van der Waals surface area (Å²) >= 11 is 0. The maximum absolute atomic E-state index is 14.0. The fourth-order valence-corrected chi connectivity index (χ4v) is 3.11.